The summed E-state index contributed by atoms with van der Waals surface area (Å²) in [7, 11) is 0. The second-order valence-electron chi connectivity index (χ2n) is 4.58. The minimum Gasteiger partial charge on any atom is -0.295 e. The molecule has 1 heteroatoms. The number of carbonyl (C=O) groups is 1. The predicted octanol–water partition coefficient (Wildman–Crippen LogP) is 3.24. The van der Waals surface area contributed by atoms with Crippen LogP contribution in [0, 0.1) is 11.8 Å². The summed E-state index contributed by atoms with van der Waals surface area (Å²) in [5, 5.41) is 0. The molecular weight excluding hydrogens is 196 g/mol. The molecule has 0 saturated heterocycles. The van der Waals surface area contributed by atoms with Crippen LogP contribution in [0.25, 0.3) is 5.57 Å². The van der Waals surface area contributed by atoms with Crippen LogP contribution < -0.4 is 0 Å². The van der Waals surface area contributed by atoms with E-state index in [0.717, 1.165) is 12.0 Å². The molecule has 2 aliphatic carbocycles. The van der Waals surface area contributed by atoms with E-state index in [0.29, 0.717) is 11.8 Å². The van der Waals surface area contributed by atoms with Gasteiger partial charge in [-0.05, 0) is 24.5 Å². The Bertz CT molecular complexity index is 493. The molecule has 1 nitrogen and oxygen atoms in total. The third-order valence-electron chi connectivity index (χ3n) is 3.58. The lowest BCUT2D eigenvalue weighted by molar-refractivity contribution is -0.113. The van der Waals surface area contributed by atoms with E-state index in [-0.39, 0.29) is 5.78 Å². The first kappa shape index (κ1) is 9.59. The van der Waals surface area contributed by atoms with E-state index in [1.54, 1.807) is 6.92 Å². The fourth-order valence-electron chi connectivity index (χ4n) is 2.96. The van der Waals surface area contributed by atoms with Gasteiger partial charge in [-0.1, -0.05) is 42.5 Å². The Morgan fingerprint density at radius 3 is 2.50 bits per heavy atom. The van der Waals surface area contributed by atoms with Crippen LogP contribution in [0.15, 0.2) is 48.1 Å². The van der Waals surface area contributed by atoms with Gasteiger partial charge in [0.05, 0.1) is 0 Å². The maximum Gasteiger partial charge on any atom is 0.156 e. The molecule has 2 aliphatic rings. The molecule has 2 unspecified atom stereocenters. The van der Waals surface area contributed by atoms with Crippen LogP contribution in [0.5, 0.6) is 0 Å². The lowest BCUT2D eigenvalue weighted by Gasteiger charge is -2.14. The van der Waals surface area contributed by atoms with E-state index in [9.17, 15) is 4.79 Å². The summed E-state index contributed by atoms with van der Waals surface area (Å²) in [4.78, 5) is 11.7. The van der Waals surface area contributed by atoms with E-state index >= 15 is 0 Å². The van der Waals surface area contributed by atoms with Crippen molar-refractivity contribution in [1.82, 2.24) is 0 Å². The first-order valence-electron chi connectivity index (χ1n) is 5.76. The zero-order chi connectivity index (χ0) is 11.1. The highest BCUT2D eigenvalue weighted by Gasteiger charge is 2.37. The van der Waals surface area contributed by atoms with Crippen molar-refractivity contribution < 1.29 is 4.79 Å². The van der Waals surface area contributed by atoms with E-state index < -0.39 is 0 Å². The van der Waals surface area contributed by atoms with Gasteiger partial charge < -0.3 is 0 Å². The van der Waals surface area contributed by atoms with Crippen LogP contribution in [0.2, 0.25) is 0 Å². The van der Waals surface area contributed by atoms with Crippen LogP contribution in [0.3, 0.4) is 0 Å². The maximum absolute atomic E-state index is 11.7. The molecule has 3 rings (SSSR count). The molecule has 0 N–H and O–H groups in total. The highest BCUT2D eigenvalue weighted by Crippen LogP contribution is 2.48. The van der Waals surface area contributed by atoms with E-state index in [2.05, 4.69) is 24.3 Å². The molecule has 2 atom stereocenters. The van der Waals surface area contributed by atoms with Gasteiger partial charge in [-0.25, -0.2) is 0 Å². The number of ketones is 1. The fourth-order valence-corrected chi connectivity index (χ4v) is 2.96. The molecule has 0 fully saturated rings. The van der Waals surface area contributed by atoms with Crippen LogP contribution in [-0.2, 0) is 4.79 Å². The van der Waals surface area contributed by atoms with Crippen molar-refractivity contribution in [3.8, 4) is 0 Å². The Balaban J connectivity index is 2.14. The van der Waals surface area contributed by atoms with Gasteiger partial charge in [0, 0.05) is 17.4 Å². The normalized spacial score (nSPS) is 26.6. The van der Waals surface area contributed by atoms with Crippen molar-refractivity contribution in [3.05, 3.63) is 53.6 Å². The average Bonchev–Trinajstić information content (AvgIpc) is 2.89. The number of allylic oxidation sites excluding steroid dienone is 4. The number of rotatable bonds is 2. The van der Waals surface area contributed by atoms with Crippen molar-refractivity contribution in [2.75, 3.05) is 0 Å². The first-order chi connectivity index (χ1) is 7.77. The van der Waals surface area contributed by atoms with Gasteiger partial charge in [0.25, 0.3) is 0 Å². The van der Waals surface area contributed by atoms with Crippen LogP contribution in [0.1, 0.15) is 18.9 Å². The average molecular weight is 210 g/mol. The molecule has 0 aliphatic heterocycles. The van der Waals surface area contributed by atoms with Crippen molar-refractivity contribution in [3.63, 3.8) is 0 Å². The highest BCUT2D eigenvalue weighted by atomic mass is 16.1. The molecule has 0 aromatic heterocycles. The number of Topliss-reactive ketones (excluding diaryl/α,β-unsaturated/α-hetero) is 1. The lowest BCUT2D eigenvalue weighted by Crippen LogP contribution is -2.06. The molecule has 16 heavy (non-hydrogen) atoms. The third-order valence-corrected chi connectivity index (χ3v) is 3.58. The quantitative estimate of drug-likeness (QED) is 0.685. The third kappa shape index (κ3) is 1.28. The Morgan fingerprint density at radius 1 is 1.12 bits per heavy atom. The van der Waals surface area contributed by atoms with Crippen molar-refractivity contribution >= 4 is 11.4 Å². The molecule has 2 bridgehead atoms. The molecule has 80 valence electrons. The topological polar surface area (TPSA) is 17.1 Å². The summed E-state index contributed by atoms with van der Waals surface area (Å²) in [6.45, 7) is 1.69. The molecule has 1 aromatic carbocycles. The molecule has 0 spiro atoms. The molecule has 0 heterocycles. The fraction of sp³-hybridized carbons (Fsp3) is 0.267. The second-order valence-corrected chi connectivity index (χ2v) is 4.58. The van der Waals surface area contributed by atoms with Crippen molar-refractivity contribution in [2.24, 2.45) is 11.8 Å². The smallest absolute Gasteiger partial charge is 0.156 e. The van der Waals surface area contributed by atoms with E-state index in [1.165, 1.54) is 11.1 Å². The van der Waals surface area contributed by atoms with Gasteiger partial charge in [0.15, 0.2) is 5.78 Å². The molecule has 1 aromatic rings. The monoisotopic (exact) mass is 210 g/mol. The number of hydrogen-bond donors (Lipinski definition) is 0. The van der Waals surface area contributed by atoms with E-state index in [1.807, 2.05) is 18.2 Å². The number of benzene rings is 1. The van der Waals surface area contributed by atoms with Gasteiger partial charge >= 0.3 is 0 Å². The Hall–Kier alpha value is -1.63. The van der Waals surface area contributed by atoms with E-state index in [4.69, 9.17) is 0 Å². The van der Waals surface area contributed by atoms with Gasteiger partial charge in [-0.2, -0.15) is 0 Å². The summed E-state index contributed by atoms with van der Waals surface area (Å²) < 4.78 is 0. The summed E-state index contributed by atoms with van der Waals surface area (Å²) in [5.74, 6) is 1.07. The van der Waals surface area contributed by atoms with Gasteiger partial charge in [-0.3, -0.25) is 4.79 Å². The predicted molar refractivity (Wildman–Crippen MR) is 64.8 cm³/mol. The summed E-state index contributed by atoms with van der Waals surface area (Å²) in [6.07, 6.45) is 5.53. The molecule has 0 amide bonds. The minimum absolute atomic E-state index is 0.232. The zero-order valence-corrected chi connectivity index (χ0v) is 9.31. The minimum atomic E-state index is 0.232. The van der Waals surface area contributed by atoms with Gasteiger partial charge in [0.2, 0.25) is 0 Å². The Kier molecular flexibility index (Phi) is 2.06. The van der Waals surface area contributed by atoms with Crippen LogP contribution >= 0.6 is 0 Å². The molecular formula is C15H14O. The number of hydrogen-bond acceptors (Lipinski definition) is 1. The van der Waals surface area contributed by atoms with Crippen molar-refractivity contribution in [2.45, 2.75) is 13.3 Å². The largest absolute Gasteiger partial charge is 0.295 e. The lowest BCUT2D eigenvalue weighted by atomic mass is 9.89. The summed E-state index contributed by atoms with van der Waals surface area (Å²) >= 11 is 0. The zero-order valence-electron chi connectivity index (χ0n) is 9.31. The maximum atomic E-state index is 11.7. The second kappa shape index (κ2) is 3.44. The summed E-state index contributed by atoms with van der Waals surface area (Å²) in [6, 6.07) is 10.3. The summed E-state index contributed by atoms with van der Waals surface area (Å²) in [5.41, 5.74) is 3.52. The highest BCUT2D eigenvalue weighted by molar-refractivity contribution is 6.04. The van der Waals surface area contributed by atoms with Crippen molar-refractivity contribution in [1.29, 1.82) is 0 Å². The standard InChI is InChI=1S/C15H14O/c1-10(16)14-12-7-8-13(9-12)15(14)11-5-3-2-4-6-11/h2-8,12-13H,9H2,1H3. The number of carbonyl (C=O) groups excluding carboxylic acids is 1. The van der Waals surface area contributed by atoms with Gasteiger partial charge in [-0.15, -0.1) is 0 Å². The SMILES string of the molecule is CC(=O)C1=C(c2ccccc2)C2C=CC1C2. The van der Waals surface area contributed by atoms with Crippen LogP contribution in [0.4, 0.5) is 0 Å². The first-order valence-corrected chi connectivity index (χ1v) is 5.76. The van der Waals surface area contributed by atoms with Crippen LogP contribution in [-0.4, -0.2) is 5.78 Å². The Morgan fingerprint density at radius 2 is 1.81 bits per heavy atom. The Labute approximate surface area is 95.5 Å². The van der Waals surface area contributed by atoms with Gasteiger partial charge in [0.1, 0.15) is 0 Å². The number of fused-ring (bicyclic) bond motifs is 2. The molecule has 0 radical (unpaired) electrons. The molecule has 0 saturated carbocycles.